The van der Waals surface area contributed by atoms with E-state index in [1.54, 1.807) is 6.08 Å². The SMILES string of the molecule is O=C(/C=C/CN1CCC(F)C1)N1CCCCCC1. The molecule has 1 amide bonds. The summed E-state index contributed by atoms with van der Waals surface area (Å²) in [5.74, 6) is 0.118. The molecule has 2 rings (SSSR count). The molecule has 18 heavy (non-hydrogen) atoms. The zero-order valence-corrected chi connectivity index (χ0v) is 11.0. The van der Waals surface area contributed by atoms with Crippen LogP contribution in [0.15, 0.2) is 12.2 Å². The van der Waals surface area contributed by atoms with Crippen LogP contribution in [-0.4, -0.2) is 54.6 Å². The number of rotatable bonds is 3. The molecule has 0 saturated carbocycles. The van der Waals surface area contributed by atoms with Crippen molar-refractivity contribution in [1.82, 2.24) is 9.80 Å². The number of carbonyl (C=O) groups excluding carboxylic acids is 1. The standard InChI is InChI=1S/C14H23FN2O/c15-13-7-11-16(12-13)8-5-6-14(18)17-9-3-1-2-4-10-17/h5-6,13H,1-4,7-12H2/b6-5+. The summed E-state index contributed by atoms with van der Waals surface area (Å²) >= 11 is 0. The van der Waals surface area contributed by atoms with E-state index in [1.165, 1.54) is 12.8 Å². The van der Waals surface area contributed by atoms with Crippen LogP contribution < -0.4 is 0 Å². The highest BCUT2D eigenvalue weighted by Crippen LogP contribution is 2.12. The third-order valence-corrected chi connectivity index (χ3v) is 3.76. The predicted octanol–water partition coefficient (Wildman–Crippen LogP) is 1.99. The van der Waals surface area contributed by atoms with Gasteiger partial charge in [0.25, 0.3) is 0 Å². The summed E-state index contributed by atoms with van der Waals surface area (Å²) in [6.07, 6.45) is 8.21. The minimum atomic E-state index is -0.681. The Morgan fingerprint density at radius 3 is 2.50 bits per heavy atom. The van der Waals surface area contributed by atoms with E-state index in [0.717, 1.165) is 32.5 Å². The lowest BCUT2D eigenvalue weighted by Gasteiger charge is -2.18. The van der Waals surface area contributed by atoms with Gasteiger partial charge in [0.15, 0.2) is 0 Å². The van der Waals surface area contributed by atoms with E-state index in [4.69, 9.17) is 0 Å². The van der Waals surface area contributed by atoms with Gasteiger partial charge in [-0.2, -0.15) is 0 Å². The van der Waals surface area contributed by atoms with Crippen molar-refractivity contribution >= 4 is 5.91 Å². The van der Waals surface area contributed by atoms with Gasteiger partial charge in [-0.05, 0) is 19.3 Å². The van der Waals surface area contributed by atoms with E-state index in [9.17, 15) is 9.18 Å². The van der Waals surface area contributed by atoms with Crippen LogP contribution in [-0.2, 0) is 4.79 Å². The van der Waals surface area contributed by atoms with E-state index in [0.29, 0.717) is 19.5 Å². The van der Waals surface area contributed by atoms with Gasteiger partial charge in [-0.25, -0.2) is 4.39 Å². The smallest absolute Gasteiger partial charge is 0.246 e. The van der Waals surface area contributed by atoms with Crippen LogP contribution in [0, 0.1) is 0 Å². The van der Waals surface area contributed by atoms with E-state index < -0.39 is 6.17 Å². The normalized spacial score (nSPS) is 26.7. The first-order valence-corrected chi connectivity index (χ1v) is 7.07. The number of carbonyl (C=O) groups is 1. The number of amides is 1. The maximum atomic E-state index is 13.0. The fourth-order valence-electron chi connectivity index (χ4n) is 2.65. The van der Waals surface area contributed by atoms with Gasteiger partial charge in [0.1, 0.15) is 6.17 Å². The second kappa shape index (κ2) is 6.88. The molecule has 2 aliphatic rings. The summed E-state index contributed by atoms with van der Waals surface area (Å²) in [5, 5.41) is 0. The van der Waals surface area contributed by atoms with Crippen LogP contribution in [0.2, 0.25) is 0 Å². The molecule has 2 aliphatic heterocycles. The quantitative estimate of drug-likeness (QED) is 0.719. The van der Waals surface area contributed by atoms with Crippen LogP contribution in [0.4, 0.5) is 4.39 Å². The Hall–Kier alpha value is -0.900. The lowest BCUT2D eigenvalue weighted by Crippen LogP contribution is -2.30. The second-order valence-electron chi connectivity index (χ2n) is 5.29. The molecule has 3 nitrogen and oxygen atoms in total. The summed E-state index contributed by atoms with van der Waals surface area (Å²) in [6, 6.07) is 0. The summed E-state index contributed by atoms with van der Waals surface area (Å²) in [4.78, 5) is 15.9. The molecule has 1 atom stereocenters. The van der Waals surface area contributed by atoms with E-state index in [1.807, 2.05) is 11.0 Å². The van der Waals surface area contributed by atoms with Gasteiger partial charge in [0, 0.05) is 38.8 Å². The number of halogens is 1. The van der Waals surface area contributed by atoms with Crippen molar-refractivity contribution in [3.63, 3.8) is 0 Å². The van der Waals surface area contributed by atoms with Crippen molar-refractivity contribution in [3.8, 4) is 0 Å². The molecule has 0 aromatic heterocycles. The zero-order chi connectivity index (χ0) is 12.8. The molecule has 0 aliphatic carbocycles. The Bertz CT molecular complexity index is 298. The minimum Gasteiger partial charge on any atom is -0.339 e. The Labute approximate surface area is 109 Å². The molecule has 0 bridgehead atoms. The van der Waals surface area contributed by atoms with Crippen molar-refractivity contribution in [3.05, 3.63) is 12.2 Å². The molecule has 2 fully saturated rings. The third-order valence-electron chi connectivity index (χ3n) is 3.76. The van der Waals surface area contributed by atoms with E-state index >= 15 is 0 Å². The first kappa shape index (κ1) is 13.5. The predicted molar refractivity (Wildman–Crippen MR) is 70.1 cm³/mol. The number of hydrogen-bond acceptors (Lipinski definition) is 2. The van der Waals surface area contributed by atoms with Gasteiger partial charge in [0.2, 0.25) is 5.91 Å². The molecule has 102 valence electrons. The molecule has 2 saturated heterocycles. The molecule has 2 heterocycles. The summed E-state index contributed by atoms with van der Waals surface area (Å²) in [5.41, 5.74) is 0. The van der Waals surface area contributed by atoms with Crippen LogP contribution in [0.1, 0.15) is 32.1 Å². The summed E-state index contributed by atoms with van der Waals surface area (Å²) in [7, 11) is 0. The molecule has 0 aromatic rings. The van der Waals surface area contributed by atoms with Crippen molar-refractivity contribution < 1.29 is 9.18 Å². The zero-order valence-electron chi connectivity index (χ0n) is 11.0. The number of likely N-dealkylation sites (tertiary alicyclic amines) is 2. The van der Waals surface area contributed by atoms with Gasteiger partial charge in [0.05, 0.1) is 0 Å². The lowest BCUT2D eigenvalue weighted by molar-refractivity contribution is -0.126. The molecule has 0 aromatic carbocycles. The van der Waals surface area contributed by atoms with Crippen LogP contribution in [0.5, 0.6) is 0 Å². The van der Waals surface area contributed by atoms with Gasteiger partial charge >= 0.3 is 0 Å². The average Bonchev–Trinajstić information content (AvgIpc) is 2.63. The maximum Gasteiger partial charge on any atom is 0.246 e. The number of nitrogens with zero attached hydrogens (tertiary/aromatic N) is 2. The van der Waals surface area contributed by atoms with Gasteiger partial charge in [-0.15, -0.1) is 0 Å². The van der Waals surface area contributed by atoms with Crippen molar-refractivity contribution in [2.45, 2.75) is 38.3 Å². The highest BCUT2D eigenvalue weighted by Gasteiger charge is 2.20. The van der Waals surface area contributed by atoms with Crippen LogP contribution in [0.3, 0.4) is 0 Å². The maximum absolute atomic E-state index is 13.0. The third kappa shape index (κ3) is 4.09. The Balaban J connectivity index is 1.72. The van der Waals surface area contributed by atoms with Gasteiger partial charge < -0.3 is 4.90 Å². The topological polar surface area (TPSA) is 23.6 Å². The summed E-state index contributed by atoms with van der Waals surface area (Å²) < 4.78 is 13.0. The monoisotopic (exact) mass is 254 g/mol. The number of alkyl halides is 1. The van der Waals surface area contributed by atoms with Crippen molar-refractivity contribution in [2.24, 2.45) is 0 Å². The fraction of sp³-hybridized carbons (Fsp3) is 0.786. The van der Waals surface area contributed by atoms with E-state index in [-0.39, 0.29) is 5.91 Å². The summed E-state index contributed by atoms with van der Waals surface area (Å²) in [6.45, 7) is 3.80. The van der Waals surface area contributed by atoms with Gasteiger partial charge in [-0.3, -0.25) is 9.69 Å². The van der Waals surface area contributed by atoms with Crippen LogP contribution in [0.25, 0.3) is 0 Å². The number of hydrogen-bond donors (Lipinski definition) is 0. The Kier molecular flexibility index (Phi) is 5.17. The second-order valence-corrected chi connectivity index (χ2v) is 5.29. The Morgan fingerprint density at radius 1 is 1.17 bits per heavy atom. The molecule has 0 radical (unpaired) electrons. The first-order valence-electron chi connectivity index (χ1n) is 7.07. The highest BCUT2D eigenvalue weighted by atomic mass is 19.1. The minimum absolute atomic E-state index is 0.118. The Morgan fingerprint density at radius 2 is 1.89 bits per heavy atom. The van der Waals surface area contributed by atoms with Crippen molar-refractivity contribution in [1.29, 1.82) is 0 Å². The van der Waals surface area contributed by atoms with E-state index in [2.05, 4.69) is 4.90 Å². The molecule has 0 spiro atoms. The molecular weight excluding hydrogens is 231 g/mol. The highest BCUT2D eigenvalue weighted by molar-refractivity contribution is 5.87. The molecule has 1 unspecified atom stereocenters. The molecule has 0 N–H and O–H groups in total. The molecule has 4 heteroatoms. The largest absolute Gasteiger partial charge is 0.339 e. The average molecular weight is 254 g/mol. The van der Waals surface area contributed by atoms with Gasteiger partial charge in [-0.1, -0.05) is 18.9 Å². The molecular formula is C14H23FN2O. The fourth-order valence-corrected chi connectivity index (χ4v) is 2.65. The lowest BCUT2D eigenvalue weighted by atomic mass is 10.2. The first-order chi connectivity index (χ1) is 8.75. The van der Waals surface area contributed by atoms with Crippen LogP contribution >= 0.6 is 0 Å². The van der Waals surface area contributed by atoms with Crippen molar-refractivity contribution in [2.75, 3.05) is 32.7 Å².